The molecule has 0 saturated carbocycles. The second-order valence-electron chi connectivity index (χ2n) is 7.76. The van der Waals surface area contributed by atoms with Crippen LogP contribution in [-0.2, 0) is 0 Å². The van der Waals surface area contributed by atoms with Crippen LogP contribution in [0.3, 0.4) is 0 Å². The third kappa shape index (κ3) is 4.97. The maximum atomic E-state index is 14.5. The van der Waals surface area contributed by atoms with Crippen LogP contribution < -0.4 is 16.4 Å². The predicted octanol–water partition coefficient (Wildman–Crippen LogP) is 4.29. The fraction of sp³-hybridized carbons (Fsp3) is 0.333. The van der Waals surface area contributed by atoms with Crippen LogP contribution in [0.25, 0.3) is 22.2 Å². The van der Waals surface area contributed by atoms with E-state index < -0.39 is 17.5 Å². The summed E-state index contributed by atoms with van der Waals surface area (Å²) >= 11 is 0. The van der Waals surface area contributed by atoms with Crippen LogP contribution in [0.15, 0.2) is 24.4 Å². The van der Waals surface area contributed by atoms with E-state index in [1.54, 1.807) is 19.2 Å². The Labute approximate surface area is 173 Å². The Morgan fingerprint density at radius 2 is 1.90 bits per heavy atom. The summed E-state index contributed by atoms with van der Waals surface area (Å²) in [4.78, 5) is 24.7. The number of carbonyl (C=O) groups is 1. The number of nitrogens with zero attached hydrogens (tertiary/aromatic N) is 3. The Morgan fingerprint density at radius 1 is 1.17 bits per heavy atom. The molecule has 0 aliphatic carbocycles. The molecule has 4 N–H and O–H groups in total. The van der Waals surface area contributed by atoms with Gasteiger partial charge in [-0.15, -0.1) is 0 Å². The van der Waals surface area contributed by atoms with Gasteiger partial charge in [0.1, 0.15) is 11.5 Å². The molecule has 0 fully saturated rings. The van der Waals surface area contributed by atoms with Crippen LogP contribution in [0.5, 0.6) is 0 Å². The van der Waals surface area contributed by atoms with E-state index in [9.17, 15) is 13.6 Å². The zero-order chi connectivity index (χ0) is 22.1. The number of aryl methyl sites for hydroxylation is 2. The van der Waals surface area contributed by atoms with Crippen LogP contribution in [0.1, 0.15) is 31.5 Å². The molecular formula is C21H24F2N6O. The lowest BCUT2D eigenvalue weighted by Crippen LogP contribution is -2.32. The van der Waals surface area contributed by atoms with Crippen molar-refractivity contribution in [2.24, 2.45) is 0 Å². The maximum absolute atomic E-state index is 14.5. The van der Waals surface area contributed by atoms with Gasteiger partial charge in [-0.05, 0) is 63.4 Å². The third-order valence-corrected chi connectivity index (χ3v) is 4.64. The number of pyridine rings is 1. The number of anilines is 2. The number of halogens is 2. The number of nitrogen functional groups attached to an aromatic ring is 1. The molecule has 2 heterocycles. The summed E-state index contributed by atoms with van der Waals surface area (Å²) in [5.41, 5.74) is 7.53. The summed E-state index contributed by atoms with van der Waals surface area (Å²) in [5.74, 6) is -0.437. The highest BCUT2D eigenvalue weighted by atomic mass is 19.1. The fourth-order valence-electron chi connectivity index (χ4n) is 3.04. The van der Waals surface area contributed by atoms with Gasteiger partial charge < -0.3 is 16.4 Å². The molecule has 158 valence electrons. The van der Waals surface area contributed by atoms with Gasteiger partial charge in [0.15, 0.2) is 5.65 Å². The number of alkyl halides is 1. The smallest absolute Gasteiger partial charge is 0.319 e. The van der Waals surface area contributed by atoms with E-state index in [1.807, 2.05) is 13.0 Å². The molecule has 2 amide bonds. The first-order valence-electron chi connectivity index (χ1n) is 9.47. The standard InChI is InChI=1S/C21H24F2N6O/c1-11-7-16(22)17(28-20(30)25-6-5-21(3,4)23)9-14(11)15-8-13-10-26-19(24)29-18(13)27-12(15)2/h7-10H,5-6H2,1-4H3,(H2,25,28,30)(H2,24,26,27,29). The Hall–Kier alpha value is -3.36. The Kier molecular flexibility index (Phi) is 5.82. The van der Waals surface area contributed by atoms with E-state index >= 15 is 0 Å². The zero-order valence-corrected chi connectivity index (χ0v) is 17.3. The van der Waals surface area contributed by atoms with Crippen molar-refractivity contribution in [3.63, 3.8) is 0 Å². The maximum Gasteiger partial charge on any atom is 0.319 e. The Morgan fingerprint density at radius 3 is 2.60 bits per heavy atom. The third-order valence-electron chi connectivity index (χ3n) is 4.64. The summed E-state index contributed by atoms with van der Waals surface area (Å²) in [6.45, 7) is 6.57. The van der Waals surface area contributed by atoms with E-state index in [0.29, 0.717) is 27.9 Å². The largest absolute Gasteiger partial charge is 0.368 e. The molecule has 0 saturated heterocycles. The van der Waals surface area contributed by atoms with Gasteiger partial charge in [-0.3, -0.25) is 0 Å². The normalized spacial score (nSPS) is 11.5. The Bertz CT molecular complexity index is 1110. The first kappa shape index (κ1) is 21.4. The molecule has 0 aliphatic rings. The number of aromatic nitrogens is 3. The molecule has 3 rings (SSSR count). The topological polar surface area (TPSA) is 106 Å². The van der Waals surface area contributed by atoms with E-state index in [4.69, 9.17) is 5.73 Å². The summed E-state index contributed by atoms with van der Waals surface area (Å²) in [6.07, 6.45) is 1.72. The van der Waals surface area contributed by atoms with Gasteiger partial charge in [-0.1, -0.05) is 0 Å². The first-order chi connectivity index (χ1) is 14.0. The molecule has 2 aromatic heterocycles. The average Bonchev–Trinajstić information content (AvgIpc) is 2.62. The van der Waals surface area contributed by atoms with Gasteiger partial charge in [-0.2, -0.15) is 4.98 Å². The van der Waals surface area contributed by atoms with Crippen LogP contribution in [0, 0.1) is 19.7 Å². The van der Waals surface area contributed by atoms with Crippen molar-refractivity contribution in [1.29, 1.82) is 0 Å². The first-order valence-corrected chi connectivity index (χ1v) is 9.47. The van der Waals surface area contributed by atoms with Gasteiger partial charge in [0.05, 0.1) is 5.69 Å². The Balaban J connectivity index is 1.90. The number of nitrogens with two attached hydrogens (primary N) is 1. The lowest BCUT2D eigenvalue weighted by molar-refractivity contribution is 0.200. The molecule has 0 spiro atoms. The number of hydrogen-bond donors (Lipinski definition) is 3. The summed E-state index contributed by atoms with van der Waals surface area (Å²) in [5, 5.41) is 5.71. The number of benzene rings is 1. The molecule has 0 aliphatic heterocycles. The molecule has 1 aromatic carbocycles. The minimum absolute atomic E-state index is 0.0145. The molecule has 30 heavy (non-hydrogen) atoms. The van der Waals surface area contributed by atoms with Gasteiger partial charge >= 0.3 is 6.03 Å². The molecule has 0 radical (unpaired) electrons. The number of nitrogens with one attached hydrogen (secondary N) is 2. The highest BCUT2D eigenvalue weighted by Gasteiger charge is 2.17. The van der Waals surface area contributed by atoms with Crippen molar-refractivity contribution in [2.75, 3.05) is 17.6 Å². The average molecular weight is 414 g/mol. The number of amides is 2. The van der Waals surface area contributed by atoms with Crippen LogP contribution >= 0.6 is 0 Å². The summed E-state index contributed by atoms with van der Waals surface area (Å²) in [6, 6.07) is 4.14. The van der Waals surface area contributed by atoms with Crippen LogP contribution in [0.4, 0.5) is 25.2 Å². The van der Waals surface area contributed by atoms with E-state index in [1.165, 1.54) is 19.9 Å². The highest BCUT2D eigenvalue weighted by Crippen LogP contribution is 2.32. The molecule has 0 bridgehead atoms. The lowest BCUT2D eigenvalue weighted by Gasteiger charge is -2.16. The van der Waals surface area contributed by atoms with E-state index in [2.05, 4.69) is 25.6 Å². The van der Waals surface area contributed by atoms with E-state index in [-0.39, 0.29) is 24.6 Å². The van der Waals surface area contributed by atoms with Crippen LogP contribution in [0.2, 0.25) is 0 Å². The minimum Gasteiger partial charge on any atom is -0.368 e. The number of fused-ring (bicyclic) bond motifs is 1. The predicted molar refractivity (Wildman–Crippen MR) is 113 cm³/mol. The van der Waals surface area contributed by atoms with Crippen molar-refractivity contribution in [2.45, 2.75) is 39.8 Å². The second-order valence-corrected chi connectivity index (χ2v) is 7.76. The highest BCUT2D eigenvalue weighted by molar-refractivity contribution is 5.91. The van der Waals surface area contributed by atoms with Crippen molar-refractivity contribution >= 4 is 28.7 Å². The molecule has 7 nitrogen and oxygen atoms in total. The van der Waals surface area contributed by atoms with Crippen molar-refractivity contribution < 1.29 is 13.6 Å². The second kappa shape index (κ2) is 8.17. The SMILES string of the molecule is Cc1cc(F)c(NC(=O)NCCC(C)(C)F)cc1-c1cc2cnc(N)nc2nc1C. The van der Waals surface area contributed by atoms with Gasteiger partial charge in [0, 0.05) is 29.4 Å². The van der Waals surface area contributed by atoms with Gasteiger partial charge in [0.2, 0.25) is 5.95 Å². The zero-order valence-electron chi connectivity index (χ0n) is 17.3. The molecule has 3 aromatic rings. The fourth-order valence-corrected chi connectivity index (χ4v) is 3.04. The number of hydrogen-bond acceptors (Lipinski definition) is 5. The molecule has 0 unspecified atom stereocenters. The minimum atomic E-state index is -1.40. The number of carbonyl (C=O) groups excluding carboxylic acids is 1. The van der Waals surface area contributed by atoms with Crippen molar-refractivity contribution in [1.82, 2.24) is 20.3 Å². The molecular weight excluding hydrogens is 390 g/mol. The van der Waals surface area contributed by atoms with Crippen molar-refractivity contribution in [3.8, 4) is 11.1 Å². The monoisotopic (exact) mass is 414 g/mol. The van der Waals surface area contributed by atoms with Gasteiger partial charge in [0.25, 0.3) is 0 Å². The summed E-state index contributed by atoms with van der Waals surface area (Å²) < 4.78 is 28.0. The van der Waals surface area contributed by atoms with E-state index in [0.717, 1.165) is 5.56 Å². The number of rotatable bonds is 5. The molecule has 0 atom stereocenters. The van der Waals surface area contributed by atoms with Crippen LogP contribution in [-0.4, -0.2) is 33.2 Å². The van der Waals surface area contributed by atoms with Gasteiger partial charge in [-0.25, -0.2) is 23.5 Å². The molecule has 9 heteroatoms. The summed E-state index contributed by atoms with van der Waals surface area (Å²) in [7, 11) is 0. The van der Waals surface area contributed by atoms with Crippen molar-refractivity contribution in [3.05, 3.63) is 41.5 Å². The number of urea groups is 1. The quantitative estimate of drug-likeness (QED) is 0.578. The lowest BCUT2D eigenvalue weighted by atomic mass is 9.97.